The van der Waals surface area contributed by atoms with Gasteiger partial charge in [-0.2, -0.15) is 0 Å². The summed E-state index contributed by atoms with van der Waals surface area (Å²) in [5, 5.41) is 0. The molecule has 2 aromatic rings. The molecule has 18 heavy (non-hydrogen) atoms. The van der Waals surface area contributed by atoms with Crippen molar-refractivity contribution in [1.29, 1.82) is 0 Å². The fraction of sp³-hybridized carbons (Fsp3) is 0.200. The number of ketones is 1. The summed E-state index contributed by atoms with van der Waals surface area (Å²) in [5.74, 6) is 0.794. The van der Waals surface area contributed by atoms with E-state index in [0.29, 0.717) is 17.7 Å². The lowest BCUT2D eigenvalue weighted by Gasteiger charge is -2.05. The van der Waals surface area contributed by atoms with E-state index in [9.17, 15) is 4.79 Å². The van der Waals surface area contributed by atoms with Gasteiger partial charge in [-0.15, -0.1) is 0 Å². The maximum atomic E-state index is 12.1. The average Bonchev–Trinajstić information content (AvgIpc) is 2.46. The zero-order valence-electron chi connectivity index (χ0n) is 10.3. The van der Waals surface area contributed by atoms with Crippen LogP contribution in [0, 0.1) is 0 Å². The number of hydrogen-bond donors (Lipinski definition) is 0. The number of ether oxygens (including phenoxy) is 1. The molecule has 0 saturated heterocycles. The molecule has 0 fully saturated rings. The Morgan fingerprint density at radius 2 is 1.67 bits per heavy atom. The number of carbonyl (C=O) groups is 1. The summed E-state index contributed by atoms with van der Waals surface area (Å²) in [7, 11) is 0. The fourth-order valence-electron chi connectivity index (χ4n) is 1.59. The zero-order valence-corrected chi connectivity index (χ0v) is 10.3. The molecule has 0 spiro atoms. The van der Waals surface area contributed by atoms with Gasteiger partial charge in [0.15, 0.2) is 5.78 Å². The normalized spacial score (nSPS) is 10.1. The number of hydrogen-bond acceptors (Lipinski definition) is 3. The minimum absolute atomic E-state index is 0.000517. The lowest BCUT2D eigenvalue weighted by Crippen LogP contribution is -2.01. The van der Waals surface area contributed by atoms with Gasteiger partial charge in [-0.25, -0.2) is 0 Å². The number of nitrogens with zero attached hydrogens (tertiary/aromatic N) is 1. The summed E-state index contributed by atoms with van der Waals surface area (Å²) in [6, 6.07) is 10.6. The third-order valence-electron chi connectivity index (χ3n) is 2.53. The van der Waals surface area contributed by atoms with Crippen LogP contribution in [0.1, 0.15) is 29.3 Å². The molecule has 3 nitrogen and oxygen atoms in total. The Bertz CT molecular complexity index is 506. The Hall–Kier alpha value is -2.16. The minimum Gasteiger partial charge on any atom is -0.494 e. The molecular weight excluding hydrogens is 226 g/mol. The Kier molecular flexibility index (Phi) is 4.07. The molecule has 0 amide bonds. The van der Waals surface area contributed by atoms with Gasteiger partial charge in [-0.05, 0) is 42.8 Å². The standard InChI is InChI=1S/C15H15NO2/c1-2-11-18-14-5-3-12(4-6-14)15(17)13-7-9-16-10-8-13/h3-10H,2,11H2,1H3. The van der Waals surface area contributed by atoms with E-state index in [-0.39, 0.29) is 5.78 Å². The van der Waals surface area contributed by atoms with Crippen LogP contribution in [0.2, 0.25) is 0 Å². The smallest absolute Gasteiger partial charge is 0.193 e. The van der Waals surface area contributed by atoms with Crippen molar-refractivity contribution in [3.05, 3.63) is 59.9 Å². The predicted octanol–water partition coefficient (Wildman–Crippen LogP) is 3.10. The van der Waals surface area contributed by atoms with Crippen LogP contribution < -0.4 is 4.74 Å². The maximum Gasteiger partial charge on any atom is 0.193 e. The predicted molar refractivity (Wildman–Crippen MR) is 69.9 cm³/mol. The van der Waals surface area contributed by atoms with Gasteiger partial charge >= 0.3 is 0 Å². The molecule has 0 aliphatic carbocycles. The van der Waals surface area contributed by atoms with Crippen molar-refractivity contribution in [3.63, 3.8) is 0 Å². The van der Waals surface area contributed by atoms with E-state index < -0.39 is 0 Å². The van der Waals surface area contributed by atoms with Gasteiger partial charge < -0.3 is 4.74 Å². The number of rotatable bonds is 5. The van der Waals surface area contributed by atoms with Crippen LogP contribution in [0.3, 0.4) is 0 Å². The van der Waals surface area contributed by atoms with Gasteiger partial charge in [-0.1, -0.05) is 6.92 Å². The first kappa shape index (κ1) is 12.3. The molecule has 3 heteroatoms. The molecule has 0 aliphatic rings. The van der Waals surface area contributed by atoms with Crippen LogP contribution in [-0.4, -0.2) is 17.4 Å². The van der Waals surface area contributed by atoms with Crippen molar-refractivity contribution >= 4 is 5.78 Å². The highest BCUT2D eigenvalue weighted by molar-refractivity contribution is 6.08. The van der Waals surface area contributed by atoms with Crippen molar-refractivity contribution in [3.8, 4) is 5.75 Å². The third kappa shape index (κ3) is 2.94. The largest absolute Gasteiger partial charge is 0.494 e. The van der Waals surface area contributed by atoms with Crippen LogP contribution in [0.4, 0.5) is 0 Å². The van der Waals surface area contributed by atoms with Crippen LogP contribution >= 0.6 is 0 Å². The highest BCUT2D eigenvalue weighted by Crippen LogP contribution is 2.15. The van der Waals surface area contributed by atoms with Gasteiger partial charge in [0.05, 0.1) is 6.61 Å². The lowest BCUT2D eigenvalue weighted by atomic mass is 10.0. The van der Waals surface area contributed by atoms with Crippen LogP contribution in [0.25, 0.3) is 0 Å². The maximum absolute atomic E-state index is 12.1. The number of aromatic nitrogens is 1. The van der Waals surface area contributed by atoms with Crippen LogP contribution in [0.5, 0.6) is 5.75 Å². The lowest BCUT2D eigenvalue weighted by molar-refractivity contribution is 0.103. The Morgan fingerprint density at radius 3 is 2.28 bits per heavy atom. The van der Waals surface area contributed by atoms with E-state index >= 15 is 0 Å². The quantitative estimate of drug-likeness (QED) is 0.755. The summed E-state index contributed by atoms with van der Waals surface area (Å²) in [6.45, 7) is 2.75. The highest BCUT2D eigenvalue weighted by atomic mass is 16.5. The van der Waals surface area contributed by atoms with Gasteiger partial charge in [0.2, 0.25) is 0 Å². The molecule has 1 heterocycles. The topological polar surface area (TPSA) is 39.2 Å². The van der Waals surface area contributed by atoms with E-state index in [1.54, 1.807) is 36.7 Å². The van der Waals surface area contributed by atoms with E-state index in [4.69, 9.17) is 4.74 Å². The van der Waals surface area contributed by atoms with Crippen molar-refractivity contribution in [1.82, 2.24) is 4.98 Å². The fourth-order valence-corrected chi connectivity index (χ4v) is 1.59. The molecular formula is C15H15NO2. The minimum atomic E-state index is -0.000517. The summed E-state index contributed by atoms with van der Waals surface area (Å²) < 4.78 is 5.47. The van der Waals surface area contributed by atoms with Gasteiger partial charge in [0.25, 0.3) is 0 Å². The summed E-state index contributed by atoms with van der Waals surface area (Å²) >= 11 is 0. The molecule has 0 unspecified atom stereocenters. The Morgan fingerprint density at radius 1 is 1.06 bits per heavy atom. The van der Waals surface area contributed by atoms with E-state index in [2.05, 4.69) is 11.9 Å². The van der Waals surface area contributed by atoms with Crippen molar-refractivity contribution in [2.75, 3.05) is 6.61 Å². The number of benzene rings is 1. The van der Waals surface area contributed by atoms with E-state index in [1.807, 2.05) is 12.1 Å². The van der Waals surface area contributed by atoms with Crippen LogP contribution in [-0.2, 0) is 0 Å². The first-order valence-electron chi connectivity index (χ1n) is 5.99. The van der Waals surface area contributed by atoms with Crippen molar-refractivity contribution in [2.45, 2.75) is 13.3 Å². The van der Waals surface area contributed by atoms with E-state index in [0.717, 1.165) is 12.2 Å². The third-order valence-corrected chi connectivity index (χ3v) is 2.53. The Labute approximate surface area is 106 Å². The first-order chi connectivity index (χ1) is 8.81. The van der Waals surface area contributed by atoms with Gasteiger partial charge in [0, 0.05) is 23.5 Å². The van der Waals surface area contributed by atoms with Crippen molar-refractivity contribution < 1.29 is 9.53 Å². The molecule has 1 aromatic carbocycles. The summed E-state index contributed by atoms with van der Waals surface area (Å²) in [6.07, 6.45) is 4.20. The molecule has 0 N–H and O–H groups in total. The van der Waals surface area contributed by atoms with E-state index in [1.165, 1.54) is 0 Å². The first-order valence-corrected chi connectivity index (χ1v) is 5.99. The molecule has 0 radical (unpaired) electrons. The van der Waals surface area contributed by atoms with Crippen LogP contribution in [0.15, 0.2) is 48.8 Å². The molecule has 0 aliphatic heterocycles. The monoisotopic (exact) mass is 241 g/mol. The molecule has 92 valence electrons. The molecule has 0 bridgehead atoms. The van der Waals surface area contributed by atoms with Gasteiger partial charge in [0.1, 0.15) is 5.75 Å². The summed E-state index contributed by atoms with van der Waals surface area (Å²) in [5.41, 5.74) is 1.30. The second-order valence-electron chi connectivity index (χ2n) is 3.94. The SMILES string of the molecule is CCCOc1ccc(C(=O)c2ccncc2)cc1. The molecule has 0 atom stereocenters. The number of carbonyl (C=O) groups excluding carboxylic acids is 1. The Balaban J connectivity index is 2.12. The second-order valence-corrected chi connectivity index (χ2v) is 3.94. The summed E-state index contributed by atoms with van der Waals surface area (Å²) in [4.78, 5) is 16.0. The molecule has 1 aromatic heterocycles. The molecule has 2 rings (SSSR count). The molecule has 0 saturated carbocycles. The highest BCUT2D eigenvalue weighted by Gasteiger charge is 2.08. The van der Waals surface area contributed by atoms with Crippen molar-refractivity contribution in [2.24, 2.45) is 0 Å². The second kappa shape index (κ2) is 5.96. The zero-order chi connectivity index (χ0) is 12.8. The number of pyridine rings is 1. The average molecular weight is 241 g/mol. The van der Waals surface area contributed by atoms with Gasteiger partial charge in [-0.3, -0.25) is 9.78 Å².